The zero-order chi connectivity index (χ0) is 12.1. The molecule has 0 atom stereocenters. The van der Waals surface area contributed by atoms with Crippen LogP contribution in [0.1, 0.15) is 5.56 Å². The summed E-state index contributed by atoms with van der Waals surface area (Å²) in [6.45, 7) is 0. The molecule has 0 aliphatic heterocycles. The third-order valence-electron chi connectivity index (χ3n) is 2.28. The Labute approximate surface area is 109 Å². The molecule has 0 spiro atoms. The maximum absolute atomic E-state index is 8.73. The molecule has 2 nitrogen and oxygen atoms in total. The first-order valence-electron chi connectivity index (χ1n) is 5.18. The minimum absolute atomic E-state index is 0.354. The van der Waals surface area contributed by atoms with Crippen LogP contribution in [0.15, 0.2) is 53.0 Å². The normalized spacial score (nSPS) is 9.65. The number of para-hydroxylation sites is 1. The zero-order valence-electron chi connectivity index (χ0n) is 9.06. The van der Waals surface area contributed by atoms with Gasteiger partial charge in [-0.2, -0.15) is 5.26 Å². The average molecular weight is 288 g/mol. The van der Waals surface area contributed by atoms with E-state index < -0.39 is 0 Å². The van der Waals surface area contributed by atoms with Gasteiger partial charge in [-0.3, -0.25) is 0 Å². The molecule has 0 unspecified atom stereocenters. The van der Waals surface area contributed by atoms with Crippen LogP contribution in [0.3, 0.4) is 0 Å². The quantitative estimate of drug-likeness (QED) is 0.843. The van der Waals surface area contributed by atoms with Crippen molar-refractivity contribution >= 4 is 15.9 Å². The summed E-state index contributed by atoms with van der Waals surface area (Å²) in [6.07, 6.45) is 0.354. The molecule has 17 heavy (non-hydrogen) atoms. The Bertz CT molecular complexity index is 543. The van der Waals surface area contributed by atoms with Crippen molar-refractivity contribution in [3.05, 3.63) is 58.6 Å². The molecule has 0 aliphatic rings. The minimum Gasteiger partial charge on any atom is -0.457 e. The smallest absolute Gasteiger partial charge is 0.131 e. The summed E-state index contributed by atoms with van der Waals surface area (Å²) in [5.41, 5.74) is 0.901. The van der Waals surface area contributed by atoms with E-state index in [1.54, 1.807) is 0 Å². The summed E-state index contributed by atoms with van der Waals surface area (Å²) in [7, 11) is 0. The fourth-order valence-electron chi connectivity index (χ4n) is 1.46. The fourth-order valence-corrected chi connectivity index (χ4v) is 1.73. The average Bonchev–Trinajstić information content (AvgIpc) is 2.35. The van der Waals surface area contributed by atoms with E-state index >= 15 is 0 Å². The van der Waals surface area contributed by atoms with Gasteiger partial charge in [0.15, 0.2) is 0 Å². The number of hydrogen-bond acceptors (Lipinski definition) is 2. The summed E-state index contributed by atoms with van der Waals surface area (Å²) in [5, 5.41) is 8.73. The van der Waals surface area contributed by atoms with Gasteiger partial charge >= 0.3 is 0 Å². The van der Waals surface area contributed by atoms with Gasteiger partial charge in [-0.1, -0.05) is 34.1 Å². The van der Waals surface area contributed by atoms with E-state index in [2.05, 4.69) is 22.0 Å². The lowest BCUT2D eigenvalue weighted by atomic mass is 10.1. The summed E-state index contributed by atoms with van der Waals surface area (Å²) >= 11 is 3.37. The molecule has 0 heterocycles. The Balaban J connectivity index is 2.24. The second-order valence-electron chi connectivity index (χ2n) is 3.50. The maximum Gasteiger partial charge on any atom is 0.131 e. The summed E-state index contributed by atoms with van der Waals surface area (Å²) in [6, 6.07) is 17.3. The predicted octanol–water partition coefficient (Wildman–Crippen LogP) is 4.31. The van der Waals surface area contributed by atoms with Crippen LogP contribution < -0.4 is 4.74 Å². The third-order valence-corrected chi connectivity index (χ3v) is 2.81. The highest BCUT2D eigenvalue weighted by Gasteiger charge is 2.03. The van der Waals surface area contributed by atoms with E-state index in [9.17, 15) is 0 Å². The molecule has 0 bridgehead atoms. The Morgan fingerprint density at radius 2 is 1.76 bits per heavy atom. The second-order valence-corrected chi connectivity index (χ2v) is 4.41. The molecule has 0 fully saturated rings. The number of nitriles is 1. The Morgan fingerprint density at radius 3 is 2.47 bits per heavy atom. The van der Waals surface area contributed by atoms with Crippen molar-refractivity contribution in [3.63, 3.8) is 0 Å². The largest absolute Gasteiger partial charge is 0.457 e. The first kappa shape index (κ1) is 11.7. The summed E-state index contributed by atoms with van der Waals surface area (Å²) < 4.78 is 6.75. The topological polar surface area (TPSA) is 33.0 Å². The number of benzene rings is 2. The first-order chi connectivity index (χ1) is 8.29. The number of hydrogen-bond donors (Lipinski definition) is 0. The molecule has 2 rings (SSSR count). The van der Waals surface area contributed by atoms with Gasteiger partial charge in [-0.25, -0.2) is 0 Å². The lowest BCUT2D eigenvalue weighted by Crippen LogP contribution is -1.90. The van der Waals surface area contributed by atoms with E-state index in [4.69, 9.17) is 10.00 Å². The van der Waals surface area contributed by atoms with Crippen LogP contribution in [0.2, 0.25) is 0 Å². The van der Waals surface area contributed by atoms with Crippen LogP contribution in [-0.2, 0) is 6.42 Å². The van der Waals surface area contributed by atoms with E-state index in [0.717, 1.165) is 21.5 Å². The van der Waals surface area contributed by atoms with Crippen LogP contribution in [0.25, 0.3) is 0 Å². The summed E-state index contributed by atoms with van der Waals surface area (Å²) in [4.78, 5) is 0. The summed E-state index contributed by atoms with van der Waals surface area (Å²) in [5.74, 6) is 1.50. The molecule has 0 saturated carbocycles. The van der Waals surface area contributed by atoms with Gasteiger partial charge in [-0.15, -0.1) is 0 Å². The fraction of sp³-hybridized carbons (Fsp3) is 0.0714. The number of halogens is 1. The van der Waals surface area contributed by atoms with Crippen molar-refractivity contribution in [2.75, 3.05) is 0 Å². The molecule has 2 aromatic rings. The molecule has 0 aromatic heterocycles. The highest BCUT2D eigenvalue weighted by molar-refractivity contribution is 9.10. The van der Waals surface area contributed by atoms with Crippen molar-refractivity contribution in [3.8, 4) is 17.6 Å². The molecule has 0 aliphatic carbocycles. The molecule has 84 valence electrons. The van der Waals surface area contributed by atoms with Crippen molar-refractivity contribution in [1.82, 2.24) is 0 Å². The van der Waals surface area contributed by atoms with Crippen molar-refractivity contribution in [1.29, 1.82) is 5.26 Å². The van der Waals surface area contributed by atoms with E-state index in [1.165, 1.54) is 0 Å². The predicted molar refractivity (Wildman–Crippen MR) is 70.0 cm³/mol. The Hall–Kier alpha value is -1.79. The van der Waals surface area contributed by atoms with E-state index in [0.29, 0.717) is 6.42 Å². The molecule has 0 N–H and O–H groups in total. The van der Waals surface area contributed by atoms with Gasteiger partial charge in [-0.05, 0) is 30.3 Å². The standard InChI is InChI=1S/C14H10BrNO/c15-12-5-7-13(8-6-12)17-14-4-2-1-3-11(14)9-10-16/h1-8H,9H2. The molecule has 0 amide bonds. The van der Waals surface area contributed by atoms with E-state index in [1.807, 2.05) is 48.5 Å². The number of rotatable bonds is 3. The molecule has 0 radical (unpaired) electrons. The first-order valence-corrected chi connectivity index (χ1v) is 5.97. The maximum atomic E-state index is 8.73. The van der Waals surface area contributed by atoms with E-state index in [-0.39, 0.29) is 0 Å². The van der Waals surface area contributed by atoms with Gasteiger partial charge in [0, 0.05) is 10.0 Å². The lowest BCUT2D eigenvalue weighted by Gasteiger charge is -2.08. The Morgan fingerprint density at radius 1 is 1.06 bits per heavy atom. The molecule has 0 saturated heterocycles. The SMILES string of the molecule is N#CCc1ccccc1Oc1ccc(Br)cc1. The van der Waals surface area contributed by atoms with Gasteiger partial charge in [0.1, 0.15) is 11.5 Å². The highest BCUT2D eigenvalue weighted by Crippen LogP contribution is 2.26. The monoisotopic (exact) mass is 287 g/mol. The molecule has 2 aromatic carbocycles. The van der Waals surface area contributed by atoms with Gasteiger partial charge in [0.25, 0.3) is 0 Å². The molecular weight excluding hydrogens is 278 g/mol. The minimum atomic E-state index is 0.354. The van der Waals surface area contributed by atoms with Crippen molar-refractivity contribution < 1.29 is 4.74 Å². The van der Waals surface area contributed by atoms with Crippen LogP contribution >= 0.6 is 15.9 Å². The van der Waals surface area contributed by atoms with Crippen LogP contribution in [0, 0.1) is 11.3 Å². The van der Waals surface area contributed by atoms with Crippen molar-refractivity contribution in [2.24, 2.45) is 0 Å². The van der Waals surface area contributed by atoms with Crippen LogP contribution in [0.5, 0.6) is 11.5 Å². The van der Waals surface area contributed by atoms with Crippen LogP contribution in [0.4, 0.5) is 0 Å². The molecular formula is C14H10BrNO. The highest BCUT2D eigenvalue weighted by atomic mass is 79.9. The van der Waals surface area contributed by atoms with Crippen molar-refractivity contribution in [2.45, 2.75) is 6.42 Å². The lowest BCUT2D eigenvalue weighted by molar-refractivity contribution is 0.477. The number of nitrogens with zero attached hydrogens (tertiary/aromatic N) is 1. The van der Waals surface area contributed by atoms with Gasteiger partial charge in [0.2, 0.25) is 0 Å². The molecule has 3 heteroatoms. The second kappa shape index (κ2) is 5.51. The van der Waals surface area contributed by atoms with Crippen LogP contribution in [-0.4, -0.2) is 0 Å². The number of ether oxygens (including phenoxy) is 1. The third kappa shape index (κ3) is 3.08. The van der Waals surface area contributed by atoms with Gasteiger partial charge in [0.05, 0.1) is 12.5 Å². The van der Waals surface area contributed by atoms with Gasteiger partial charge < -0.3 is 4.74 Å². The Kier molecular flexibility index (Phi) is 3.79. The zero-order valence-corrected chi connectivity index (χ0v) is 10.6.